The molecule has 0 aliphatic rings. The molecule has 2 aromatic heterocycles. The predicted molar refractivity (Wildman–Crippen MR) is 42.5 cm³/mol. The van der Waals surface area contributed by atoms with Gasteiger partial charge in [0.15, 0.2) is 0 Å². The summed E-state index contributed by atoms with van der Waals surface area (Å²) in [6, 6.07) is 1.83. The zero-order valence-electron chi connectivity index (χ0n) is 7.05. The van der Waals surface area contributed by atoms with Gasteiger partial charge in [0.05, 0.1) is 0 Å². The summed E-state index contributed by atoms with van der Waals surface area (Å²) in [5.74, 6) is -2.41. The van der Waals surface area contributed by atoms with E-state index in [9.17, 15) is 18.0 Å². The van der Waals surface area contributed by atoms with Gasteiger partial charge in [-0.15, -0.1) is 0 Å². The van der Waals surface area contributed by atoms with Crippen molar-refractivity contribution < 1.29 is 27.5 Å². The van der Waals surface area contributed by atoms with Gasteiger partial charge in [0.1, 0.15) is 5.69 Å². The molecule has 0 fully saturated rings. The highest BCUT2D eigenvalue weighted by Crippen LogP contribution is 2.33. The third-order valence-corrected chi connectivity index (χ3v) is 1.82. The molecule has 0 unspecified atom stereocenters. The molecule has 2 rings (SSSR count). The van der Waals surface area contributed by atoms with Crippen molar-refractivity contribution in [3.8, 4) is 0 Å². The molecule has 0 aliphatic heterocycles. The molecule has 15 heavy (non-hydrogen) atoms. The largest absolute Gasteiger partial charge is 0.477 e. The van der Waals surface area contributed by atoms with Gasteiger partial charge in [-0.05, 0) is 12.1 Å². The lowest BCUT2D eigenvalue weighted by atomic mass is 10.3. The first-order valence-corrected chi connectivity index (χ1v) is 3.81. The summed E-state index contributed by atoms with van der Waals surface area (Å²) in [5, 5.41) is 8.62. The number of aromatic amines is 1. The van der Waals surface area contributed by atoms with Gasteiger partial charge in [-0.1, -0.05) is 0 Å². The number of H-pyrrole nitrogens is 1. The van der Waals surface area contributed by atoms with Crippen LogP contribution in [0.5, 0.6) is 0 Å². The first-order chi connectivity index (χ1) is 6.88. The Morgan fingerprint density at radius 2 is 2.07 bits per heavy atom. The fraction of sp³-hybridized carbons (Fsp3) is 0.125. The van der Waals surface area contributed by atoms with Gasteiger partial charge in [-0.25, -0.2) is 4.79 Å². The maximum Gasteiger partial charge on any atom is 0.449 e. The summed E-state index contributed by atoms with van der Waals surface area (Å²) in [4.78, 5) is 12.7. The smallest absolute Gasteiger partial charge is 0.449 e. The summed E-state index contributed by atoms with van der Waals surface area (Å²) in [6.45, 7) is 0. The van der Waals surface area contributed by atoms with Crippen LogP contribution in [0.1, 0.15) is 16.2 Å². The van der Waals surface area contributed by atoms with Crippen LogP contribution in [0.15, 0.2) is 16.5 Å². The molecule has 2 aromatic rings. The number of alkyl halides is 3. The average Bonchev–Trinajstić information content (AvgIpc) is 2.55. The van der Waals surface area contributed by atoms with Crippen molar-refractivity contribution in [1.82, 2.24) is 4.98 Å². The zero-order valence-corrected chi connectivity index (χ0v) is 7.05. The molecule has 0 amide bonds. The summed E-state index contributed by atoms with van der Waals surface area (Å²) < 4.78 is 40.8. The number of hydrogen-bond donors (Lipinski definition) is 2. The Balaban J connectivity index is 2.52. The number of aromatic carboxylic acids is 1. The first-order valence-electron chi connectivity index (χ1n) is 3.81. The second kappa shape index (κ2) is 2.78. The van der Waals surface area contributed by atoms with Crippen LogP contribution in [0.4, 0.5) is 13.2 Å². The van der Waals surface area contributed by atoms with Crippen LogP contribution >= 0.6 is 0 Å². The molecule has 0 radical (unpaired) electrons. The molecular formula is C8H4F3NO3. The number of rotatable bonds is 1. The monoisotopic (exact) mass is 219 g/mol. The Morgan fingerprint density at radius 3 is 2.53 bits per heavy atom. The molecular weight excluding hydrogens is 215 g/mol. The van der Waals surface area contributed by atoms with E-state index >= 15 is 0 Å². The van der Waals surface area contributed by atoms with Crippen molar-refractivity contribution >= 4 is 17.1 Å². The molecule has 4 nitrogen and oxygen atoms in total. The molecule has 0 aliphatic carbocycles. The molecule has 2 heterocycles. The van der Waals surface area contributed by atoms with E-state index in [1.807, 2.05) is 0 Å². The number of hydrogen-bond acceptors (Lipinski definition) is 2. The number of carbonyl (C=O) groups is 1. The molecule has 0 atom stereocenters. The SMILES string of the molecule is O=C(O)c1cc2cc(C(F)(F)F)oc2[nH]1. The summed E-state index contributed by atoms with van der Waals surface area (Å²) in [7, 11) is 0. The maximum atomic E-state index is 12.1. The van der Waals surface area contributed by atoms with Crippen LogP contribution in [0.25, 0.3) is 11.1 Å². The fourth-order valence-electron chi connectivity index (χ4n) is 1.18. The van der Waals surface area contributed by atoms with E-state index in [0.29, 0.717) is 0 Å². The van der Waals surface area contributed by atoms with Crippen LogP contribution in [0.3, 0.4) is 0 Å². The minimum Gasteiger partial charge on any atom is -0.477 e. The van der Waals surface area contributed by atoms with Crippen molar-refractivity contribution in [1.29, 1.82) is 0 Å². The lowest BCUT2D eigenvalue weighted by molar-refractivity contribution is -0.152. The molecule has 0 saturated heterocycles. The maximum absolute atomic E-state index is 12.1. The number of halogens is 3. The molecule has 2 N–H and O–H groups in total. The third kappa shape index (κ3) is 1.56. The fourth-order valence-corrected chi connectivity index (χ4v) is 1.18. The predicted octanol–water partition coefficient (Wildman–Crippen LogP) is 2.48. The standard InChI is InChI=1S/C8H4F3NO3/c9-8(10,11)5-2-3-1-4(7(13)14)12-6(3)15-5/h1-2,12H,(H,13,14). The summed E-state index contributed by atoms with van der Waals surface area (Å²) in [5.41, 5.74) is -0.405. The lowest BCUT2D eigenvalue weighted by Crippen LogP contribution is -2.02. The minimum absolute atomic E-state index is 0.0831. The zero-order chi connectivity index (χ0) is 11.2. The first kappa shape index (κ1) is 9.63. The van der Waals surface area contributed by atoms with E-state index in [4.69, 9.17) is 5.11 Å². The van der Waals surface area contributed by atoms with Gasteiger partial charge < -0.3 is 14.5 Å². The third-order valence-electron chi connectivity index (χ3n) is 1.82. The van der Waals surface area contributed by atoms with E-state index in [1.54, 1.807) is 0 Å². The van der Waals surface area contributed by atoms with E-state index < -0.39 is 17.9 Å². The Kier molecular flexibility index (Phi) is 1.79. The number of carboxylic acid groups (broad SMARTS) is 1. The van der Waals surface area contributed by atoms with Crippen LogP contribution in [0.2, 0.25) is 0 Å². The highest BCUT2D eigenvalue weighted by Gasteiger charge is 2.35. The number of furan rings is 1. The lowest BCUT2D eigenvalue weighted by Gasteiger charge is -1.99. The molecule has 0 saturated carbocycles. The summed E-state index contributed by atoms with van der Waals surface area (Å²) in [6.07, 6.45) is -4.57. The van der Waals surface area contributed by atoms with Gasteiger partial charge >= 0.3 is 12.1 Å². The van der Waals surface area contributed by atoms with E-state index in [-0.39, 0.29) is 16.8 Å². The normalized spacial score (nSPS) is 12.2. The highest BCUT2D eigenvalue weighted by atomic mass is 19.4. The van der Waals surface area contributed by atoms with Gasteiger partial charge in [0.2, 0.25) is 11.5 Å². The minimum atomic E-state index is -4.57. The topological polar surface area (TPSA) is 66.2 Å². The average molecular weight is 219 g/mol. The van der Waals surface area contributed by atoms with E-state index in [1.165, 1.54) is 0 Å². The number of nitrogens with one attached hydrogen (secondary N) is 1. The van der Waals surface area contributed by atoms with Crippen molar-refractivity contribution in [2.75, 3.05) is 0 Å². The molecule has 0 bridgehead atoms. The second-order valence-corrected chi connectivity index (χ2v) is 2.88. The Morgan fingerprint density at radius 1 is 1.40 bits per heavy atom. The summed E-state index contributed by atoms with van der Waals surface area (Å²) >= 11 is 0. The highest BCUT2D eigenvalue weighted by molar-refractivity contribution is 5.92. The van der Waals surface area contributed by atoms with Crippen molar-refractivity contribution in [3.05, 3.63) is 23.6 Å². The Hall–Kier alpha value is -1.92. The molecule has 0 aromatic carbocycles. The molecule has 0 spiro atoms. The van der Waals surface area contributed by atoms with Crippen LogP contribution in [-0.2, 0) is 6.18 Å². The number of carboxylic acids is 1. The molecule has 80 valence electrons. The van der Waals surface area contributed by atoms with Gasteiger partial charge in [0, 0.05) is 5.39 Å². The quantitative estimate of drug-likeness (QED) is 0.774. The molecule has 7 heteroatoms. The van der Waals surface area contributed by atoms with Crippen molar-refractivity contribution in [3.63, 3.8) is 0 Å². The van der Waals surface area contributed by atoms with Crippen LogP contribution in [-0.4, -0.2) is 16.1 Å². The van der Waals surface area contributed by atoms with Crippen LogP contribution in [0, 0.1) is 0 Å². The van der Waals surface area contributed by atoms with Crippen molar-refractivity contribution in [2.45, 2.75) is 6.18 Å². The Bertz CT molecular complexity index is 491. The number of aromatic nitrogens is 1. The van der Waals surface area contributed by atoms with Gasteiger partial charge in [-0.3, -0.25) is 0 Å². The van der Waals surface area contributed by atoms with E-state index in [2.05, 4.69) is 9.40 Å². The van der Waals surface area contributed by atoms with Gasteiger partial charge in [-0.2, -0.15) is 13.2 Å². The number of fused-ring (bicyclic) bond motifs is 1. The van der Waals surface area contributed by atoms with E-state index in [0.717, 1.165) is 12.1 Å². The Labute approximate surface area is 80.3 Å². The van der Waals surface area contributed by atoms with Gasteiger partial charge in [0.25, 0.3) is 0 Å². The van der Waals surface area contributed by atoms with Crippen molar-refractivity contribution in [2.24, 2.45) is 0 Å². The van der Waals surface area contributed by atoms with Crippen LogP contribution < -0.4 is 0 Å². The second-order valence-electron chi connectivity index (χ2n) is 2.88.